The molecule has 4 nitrogen and oxygen atoms in total. The molecule has 0 fully saturated rings. The molecule has 10 rings (SSSR count). The molecule has 10 aromatic rings. The van der Waals surface area contributed by atoms with E-state index in [0.717, 1.165) is 57.6 Å². The van der Waals surface area contributed by atoms with Crippen LogP contribution in [0.25, 0.3) is 56.2 Å². The Morgan fingerprint density at radius 2 is 0.714 bits per heavy atom. The molecule has 0 spiro atoms. The van der Waals surface area contributed by atoms with E-state index in [1.807, 2.05) is 155 Å². The average molecular weight is 1420 g/mol. The van der Waals surface area contributed by atoms with Crippen LogP contribution < -0.4 is 18.3 Å². The van der Waals surface area contributed by atoms with Gasteiger partial charge in [0.05, 0.1) is 1.37 Å². The largest absolute Gasteiger partial charge is 0.212 e. The van der Waals surface area contributed by atoms with Gasteiger partial charge in [0.25, 0.3) is 0 Å². The molecule has 0 unspecified atom stereocenters. The minimum Gasteiger partial charge on any atom is -0.201 e. The normalized spacial score (nSPS) is 13.5. The van der Waals surface area contributed by atoms with E-state index >= 15 is 0 Å². The monoisotopic (exact) mass is 1420 g/mol. The van der Waals surface area contributed by atoms with Gasteiger partial charge in [-0.25, -0.2) is 18.3 Å². The molecule has 0 aliphatic carbocycles. The Bertz CT molecular complexity index is 4810. The maximum Gasteiger partial charge on any atom is 0.212 e. The topological polar surface area (TPSA) is 15.5 Å². The van der Waals surface area contributed by atoms with Crippen molar-refractivity contribution in [1.29, 1.82) is 0 Å². The van der Waals surface area contributed by atoms with E-state index in [1.54, 1.807) is 24.4 Å². The van der Waals surface area contributed by atoms with Crippen molar-refractivity contribution in [2.45, 2.75) is 239 Å². The van der Waals surface area contributed by atoms with Gasteiger partial charge in [0.1, 0.15) is 28.2 Å². The highest BCUT2D eigenvalue weighted by Gasteiger charge is 2.35. The van der Waals surface area contributed by atoms with Crippen LogP contribution in [0.5, 0.6) is 0 Å². The van der Waals surface area contributed by atoms with Gasteiger partial charge in [0, 0.05) is 79.7 Å². The van der Waals surface area contributed by atoms with E-state index in [1.165, 1.54) is 83.7 Å². The lowest BCUT2D eigenvalue weighted by Gasteiger charge is -2.39. The number of aromatic nitrogens is 4. The number of pyridine rings is 4. The van der Waals surface area contributed by atoms with Gasteiger partial charge in [-0.05, 0) is 231 Å². The number of nitrogens with zero attached hydrogens (tertiary/aromatic N) is 4. The molecule has 4 heteroatoms. The fraction of sp³-hybridized carbons (Fsp3) is 0.446. The maximum absolute atomic E-state index is 8.53. The first-order chi connectivity index (χ1) is 51.9. The van der Waals surface area contributed by atoms with Crippen molar-refractivity contribution in [1.82, 2.24) is 0 Å². The second-order valence-electron chi connectivity index (χ2n) is 36.1. The van der Waals surface area contributed by atoms with Crippen molar-refractivity contribution >= 4 is 0 Å². The van der Waals surface area contributed by atoms with Gasteiger partial charge in [0.2, 0.25) is 22.8 Å². The quantitative estimate of drug-likeness (QED) is 0.121. The van der Waals surface area contributed by atoms with Crippen molar-refractivity contribution in [3.63, 3.8) is 0 Å². The van der Waals surface area contributed by atoms with Gasteiger partial charge < -0.3 is 0 Å². The third-order valence-corrected chi connectivity index (χ3v) is 19.1. The molecule has 4 aromatic heterocycles. The summed E-state index contributed by atoms with van der Waals surface area (Å²) in [6, 6.07) is 54.6. The molecule has 0 amide bonds. The van der Waals surface area contributed by atoms with E-state index in [0.29, 0.717) is 22.0 Å². The minimum absolute atomic E-state index is 0.0659. The zero-order chi connectivity index (χ0) is 86.9. The lowest BCUT2D eigenvalue weighted by Crippen LogP contribution is -2.33. The summed E-state index contributed by atoms with van der Waals surface area (Å²) < 4.78 is 80.3. The summed E-state index contributed by atoms with van der Waals surface area (Å²) in [6.07, 6.45) is 7.54. The first-order valence-corrected chi connectivity index (χ1v) is 37.9. The molecule has 0 aliphatic rings. The van der Waals surface area contributed by atoms with Crippen LogP contribution in [-0.4, -0.2) is 0 Å². The Morgan fingerprint density at radius 1 is 0.343 bits per heavy atom. The summed E-state index contributed by atoms with van der Waals surface area (Å²) in [4.78, 5) is 0. The molecule has 0 radical (unpaired) electrons. The van der Waals surface area contributed by atoms with Gasteiger partial charge in [-0.1, -0.05) is 253 Å². The third kappa shape index (κ3) is 27.0. The summed E-state index contributed by atoms with van der Waals surface area (Å²) >= 11 is 0. The predicted molar refractivity (Wildman–Crippen MR) is 457 cm³/mol. The Kier molecular flexibility index (Phi) is 26.0. The standard InChI is InChI=1S/C22H30.3C19H26N.C18H24N.C4H10/c1-15-9-11-19(16(2)13-15)20-12-10-18(14-17(20)3)22(7,8)21(4,5)6;1-14-7-9-17(15(2)11-14)18-10-8-16(13-20(18)6)12-19(3,4)5;2*1-14-9-7-8-10-17(14)18-11-15(2)16(13-20(18)6)12-19(3,4)5;1-14-8-6-7-9-16(14)17-11-10-15(13-19(17)5)12-18(2,3)4;1-4(2)3/h9-14H,1-8H3;3*7-11,13H,12H2,1-6H3;6-11,13H,12H2,1-5H3;4H,1-3H3/q;4*+1;/i1D3;;12D2;;10D,12D2;4D. The van der Waals surface area contributed by atoms with Gasteiger partial charge in [-0.15, -0.1) is 0 Å². The molecule has 4 heterocycles. The third-order valence-electron chi connectivity index (χ3n) is 19.1. The zero-order valence-electron chi connectivity index (χ0n) is 80.5. The molecule has 105 heavy (non-hydrogen) atoms. The van der Waals surface area contributed by atoms with Crippen molar-refractivity contribution in [2.75, 3.05) is 0 Å². The molecule has 0 saturated carbocycles. The van der Waals surface area contributed by atoms with E-state index in [9.17, 15) is 0 Å². The summed E-state index contributed by atoms with van der Waals surface area (Å²) in [5.41, 5.74) is 28.4. The number of hydrogen-bond donors (Lipinski definition) is 0. The highest BCUT2D eigenvalue weighted by molar-refractivity contribution is 5.72. The van der Waals surface area contributed by atoms with Crippen LogP contribution in [0.3, 0.4) is 0 Å². The van der Waals surface area contributed by atoms with Crippen molar-refractivity contribution in [3.05, 3.63) is 272 Å². The summed E-state index contributed by atoms with van der Waals surface area (Å²) in [5.74, 6) is -0.250. The molecular weight excluding hydrogens is 1270 g/mol. The average Bonchev–Trinajstić information content (AvgIpc) is 0.775. The van der Waals surface area contributed by atoms with Crippen molar-refractivity contribution in [2.24, 2.45) is 61.2 Å². The van der Waals surface area contributed by atoms with Gasteiger partial charge in [0.15, 0.2) is 24.8 Å². The molecular formula is C101H142N4+4. The second kappa shape index (κ2) is 37.0. The number of benzene rings is 6. The lowest BCUT2D eigenvalue weighted by atomic mass is 9.65. The smallest absolute Gasteiger partial charge is 0.201 e. The van der Waals surface area contributed by atoms with Crippen molar-refractivity contribution < 1.29 is 30.6 Å². The highest BCUT2D eigenvalue weighted by Crippen LogP contribution is 2.42. The lowest BCUT2D eigenvalue weighted by molar-refractivity contribution is -0.661. The van der Waals surface area contributed by atoms with Crippen LogP contribution in [0.15, 0.2) is 189 Å². The predicted octanol–water partition coefficient (Wildman–Crippen LogP) is 25.5. The Balaban J connectivity index is 0.000000251. The van der Waals surface area contributed by atoms with Crippen LogP contribution >= 0.6 is 0 Å². The van der Waals surface area contributed by atoms with E-state index in [-0.39, 0.29) is 22.8 Å². The van der Waals surface area contributed by atoms with Crippen LogP contribution in [0.2, 0.25) is 0 Å². The molecule has 0 N–H and O–H groups in total. The van der Waals surface area contributed by atoms with Crippen LogP contribution in [0, 0.1) is 102 Å². The van der Waals surface area contributed by atoms with E-state index in [4.69, 9.17) is 12.3 Å². The summed E-state index contributed by atoms with van der Waals surface area (Å²) in [5, 5.41) is 0. The summed E-state index contributed by atoms with van der Waals surface area (Å²) in [7, 11) is 8.18. The molecule has 0 saturated heterocycles. The van der Waals surface area contributed by atoms with Crippen LogP contribution in [0.1, 0.15) is 234 Å². The van der Waals surface area contributed by atoms with Gasteiger partial charge in [-0.2, -0.15) is 0 Å². The first-order valence-electron chi connectivity index (χ1n) is 42.4. The minimum atomic E-state index is -2.06. The fourth-order valence-electron chi connectivity index (χ4n) is 12.8. The molecule has 562 valence electrons. The van der Waals surface area contributed by atoms with E-state index < -0.39 is 30.4 Å². The number of rotatable bonds is 10. The molecule has 0 aliphatic heterocycles. The molecule has 6 aromatic carbocycles. The maximum atomic E-state index is 8.53. The Morgan fingerprint density at radius 3 is 1.14 bits per heavy atom. The highest BCUT2D eigenvalue weighted by atomic mass is 14.9. The van der Waals surface area contributed by atoms with Crippen LogP contribution in [0.4, 0.5) is 0 Å². The van der Waals surface area contributed by atoms with E-state index in [2.05, 4.69) is 250 Å². The molecule has 0 atom stereocenters. The first kappa shape index (κ1) is 73.8. The Hall–Kier alpha value is -8.08. The SMILES string of the molecule is Cc1cc(-c2ccccc2C)[n+](C)cc1CC(C)(C)C.Cc1ccc(-c2ccc(CC(C)(C)C)c[n+]2C)c(C)c1.[2H]C(C)(C)C.[2H]C([2H])([2H])c1ccc(-c2ccc(C(C)(C)C(C)(C)C)cc2C)c(C)c1.[2H]C([2H])(c1c[n+](C)c(-c2ccccc2C)cc1C)C(C)(C)C.[2H]c1cc(-c2ccccc2C)[n+](C)cc1C([2H])([2H])C(C)(C)C. The fourth-order valence-corrected chi connectivity index (χ4v) is 12.8. The zero-order valence-corrected chi connectivity index (χ0v) is 71.5. The number of hydrogen-bond acceptors (Lipinski definition) is 0. The second-order valence-corrected chi connectivity index (χ2v) is 36.1. The Labute approximate surface area is 655 Å². The van der Waals surface area contributed by atoms with Crippen LogP contribution in [-0.2, 0) is 59.2 Å². The summed E-state index contributed by atoms with van der Waals surface area (Å²) in [6.45, 7) is 59.0. The molecule has 0 bridgehead atoms. The number of aryl methyl sites for hydroxylation is 14. The van der Waals surface area contributed by atoms with Crippen molar-refractivity contribution in [3.8, 4) is 56.2 Å². The van der Waals surface area contributed by atoms with Gasteiger partial charge >= 0.3 is 0 Å². The van der Waals surface area contributed by atoms with Gasteiger partial charge in [-0.3, -0.25) is 0 Å².